The van der Waals surface area contributed by atoms with Crippen LogP contribution < -0.4 is 5.73 Å². The number of nitrogens with two attached hydrogens (primary N) is 1. The average Bonchev–Trinajstić information content (AvgIpc) is 2.87. The summed E-state index contributed by atoms with van der Waals surface area (Å²) in [5.41, 5.74) is 5.11. The molecular formula is C12H19BrN2O4. The van der Waals surface area contributed by atoms with E-state index in [1.54, 1.807) is 0 Å². The van der Waals surface area contributed by atoms with Crippen LogP contribution >= 0.6 is 15.9 Å². The largest absolute Gasteiger partial charge is 0.427 e. The average molecular weight is 335 g/mol. The third-order valence-electron chi connectivity index (χ3n) is 2.87. The number of hydrogen-bond acceptors (Lipinski definition) is 5. The molecule has 1 unspecified atom stereocenters. The topological polar surface area (TPSA) is 81.9 Å². The molecule has 0 aliphatic carbocycles. The molecule has 0 aromatic rings. The maximum absolute atomic E-state index is 10.6. The van der Waals surface area contributed by atoms with Crippen molar-refractivity contribution in [3.63, 3.8) is 0 Å². The molecule has 0 bridgehead atoms. The van der Waals surface area contributed by atoms with E-state index in [1.807, 2.05) is 18.9 Å². The molecule has 2 rings (SSSR count). The maximum atomic E-state index is 10.6. The third kappa shape index (κ3) is 4.93. The lowest BCUT2D eigenvalue weighted by Gasteiger charge is -2.14. The fourth-order valence-electron chi connectivity index (χ4n) is 1.91. The van der Waals surface area contributed by atoms with Crippen molar-refractivity contribution < 1.29 is 19.1 Å². The molecule has 2 aliphatic rings. The van der Waals surface area contributed by atoms with Gasteiger partial charge in [-0.1, -0.05) is 0 Å². The molecule has 0 saturated carbocycles. The normalized spacial score (nSPS) is 26.5. The molecule has 2 N–H and O–H groups in total. The van der Waals surface area contributed by atoms with E-state index < -0.39 is 6.29 Å². The molecule has 0 aromatic carbocycles. The van der Waals surface area contributed by atoms with Gasteiger partial charge in [0, 0.05) is 12.7 Å². The van der Waals surface area contributed by atoms with Crippen LogP contribution in [0.25, 0.3) is 0 Å². The summed E-state index contributed by atoms with van der Waals surface area (Å²) in [5, 5.41) is 0. The summed E-state index contributed by atoms with van der Waals surface area (Å²) in [6.45, 7) is 3.38. The van der Waals surface area contributed by atoms with Gasteiger partial charge >= 0.3 is 5.97 Å². The lowest BCUT2D eigenvalue weighted by Crippen LogP contribution is -2.37. The molecule has 19 heavy (non-hydrogen) atoms. The smallest absolute Gasteiger partial charge is 0.334 e. The van der Waals surface area contributed by atoms with E-state index in [1.165, 1.54) is 6.08 Å². The molecule has 108 valence electrons. The van der Waals surface area contributed by atoms with Crippen molar-refractivity contribution in [1.82, 2.24) is 4.90 Å². The Hall–Kier alpha value is -0.920. The second-order valence-corrected chi connectivity index (χ2v) is 5.21. The number of halogens is 1. The number of ether oxygens (including phenoxy) is 2. The SMILES string of the molecule is CCOC1OC(=O)C=C1Br.CN1CCC[C@H]1C(N)=O. The Balaban J connectivity index is 0.000000191. The Labute approximate surface area is 121 Å². The first-order valence-electron chi connectivity index (χ1n) is 6.14. The monoisotopic (exact) mass is 334 g/mol. The zero-order chi connectivity index (χ0) is 14.4. The molecule has 2 heterocycles. The van der Waals surface area contributed by atoms with Crippen molar-refractivity contribution in [3.8, 4) is 0 Å². The zero-order valence-corrected chi connectivity index (χ0v) is 12.7. The molecule has 1 saturated heterocycles. The standard InChI is InChI=1S/C6H7BrO3.C6H12N2O/c1-2-9-6-4(7)3-5(8)10-6;1-8-4-2-3-5(8)6(7)9/h3,6H,2H2,1H3;5H,2-4H2,1H3,(H2,7,9)/t;5-/m.0/s1. The first-order valence-corrected chi connectivity index (χ1v) is 6.93. The van der Waals surface area contributed by atoms with Gasteiger partial charge in [-0.3, -0.25) is 9.69 Å². The number of amides is 1. The summed E-state index contributed by atoms with van der Waals surface area (Å²) in [4.78, 5) is 23.1. The van der Waals surface area contributed by atoms with Gasteiger partial charge in [0.2, 0.25) is 12.2 Å². The molecule has 0 aromatic heterocycles. The molecule has 7 heteroatoms. The van der Waals surface area contributed by atoms with Gasteiger partial charge < -0.3 is 15.2 Å². The maximum Gasteiger partial charge on any atom is 0.334 e. The number of rotatable bonds is 3. The minimum atomic E-state index is -0.516. The molecule has 1 fully saturated rings. The van der Waals surface area contributed by atoms with E-state index >= 15 is 0 Å². The highest BCUT2D eigenvalue weighted by molar-refractivity contribution is 9.11. The Morgan fingerprint density at radius 3 is 2.68 bits per heavy atom. The Kier molecular flexibility index (Phi) is 6.47. The Morgan fingerprint density at radius 1 is 1.68 bits per heavy atom. The van der Waals surface area contributed by atoms with Crippen LogP contribution in [0.1, 0.15) is 19.8 Å². The van der Waals surface area contributed by atoms with Crippen LogP contribution in [0, 0.1) is 0 Å². The summed E-state index contributed by atoms with van der Waals surface area (Å²) >= 11 is 3.14. The van der Waals surface area contributed by atoms with E-state index in [0.717, 1.165) is 19.4 Å². The molecule has 2 atom stereocenters. The minimum Gasteiger partial charge on any atom is -0.427 e. The van der Waals surface area contributed by atoms with Crippen LogP contribution in [0.15, 0.2) is 10.6 Å². The van der Waals surface area contributed by atoms with Gasteiger partial charge in [0.15, 0.2) is 0 Å². The van der Waals surface area contributed by atoms with Crippen molar-refractivity contribution in [2.45, 2.75) is 32.1 Å². The minimum absolute atomic E-state index is 0.00463. The summed E-state index contributed by atoms with van der Waals surface area (Å²) in [6.07, 6.45) is 2.88. The molecule has 6 nitrogen and oxygen atoms in total. The summed E-state index contributed by atoms with van der Waals surface area (Å²) in [5.74, 6) is -0.541. The van der Waals surface area contributed by atoms with Crippen molar-refractivity contribution in [2.75, 3.05) is 20.2 Å². The van der Waals surface area contributed by atoms with Gasteiger partial charge in [0.25, 0.3) is 0 Å². The van der Waals surface area contributed by atoms with Crippen LogP contribution in [0.5, 0.6) is 0 Å². The third-order valence-corrected chi connectivity index (χ3v) is 3.47. The van der Waals surface area contributed by atoms with Crippen LogP contribution in [0.2, 0.25) is 0 Å². The van der Waals surface area contributed by atoms with Crippen LogP contribution in [-0.2, 0) is 19.1 Å². The van der Waals surface area contributed by atoms with Crippen molar-refractivity contribution in [1.29, 1.82) is 0 Å². The van der Waals surface area contributed by atoms with Crippen LogP contribution in [0.3, 0.4) is 0 Å². The van der Waals surface area contributed by atoms with Gasteiger partial charge in [-0.05, 0) is 49.3 Å². The predicted molar refractivity (Wildman–Crippen MR) is 73.4 cm³/mol. The lowest BCUT2D eigenvalue weighted by molar-refractivity contribution is -0.157. The Morgan fingerprint density at radius 2 is 2.37 bits per heavy atom. The first-order chi connectivity index (χ1) is 8.95. The van der Waals surface area contributed by atoms with Crippen molar-refractivity contribution >= 4 is 27.8 Å². The number of primary amides is 1. The zero-order valence-electron chi connectivity index (χ0n) is 11.1. The Bertz CT molecular complexity index is 373. The molecule has 0 radical (unpaired) electrons. The second-order valence-electron chi connectivity index (χ2n) is 4.29. The number of likely N-dealkylation sites (tertiary alicyclic amines) is 1. The van der Waals surface area contributed by atoms with Gasteiger partial charge in [-0.25, -0.2) is 4.79 Å². The molecule has 0 spiro atoms. The number of carbonyl (C=O) groups excluding carboxylic acids is 2. The quantitative estimate of drug-likeness (QED) is 0.770. The van der Waals surface area contributed by atoms with E-state index in [9.17, 15) is 9.59 Å². The fourth-order valence-corrected chi connectivity index (χ4v) is 2.32. The lowest BCUT2D eigenvalue weighted by atomic mass is 10.2. The van der Waals surface area contributed by atoms with E-state index in [4.69, 9.17) is 15.2 Å². The number of likely N-dealkylation sites (N-methyl/N-ethyl adjacent to an activating group) is 1. The summed E-state index contributed by atoms with van der Waals surface area (Å²) < 4.78 is 10.4. The number of nitrogens with zero attached hydrogens (tertiary/aromatic N) is 1. The molecular weight excluding hydrogens is 316 g/mol. The summed E-state index contributed by atoms with van der Waals surface area (Å²) in [6, 6.07) is 0.00463. The molecule has 2 aliphatic heterocycles. The van der Waals surface area contributed by atoms with E-state index in [-0.39, 0.29) is 17.9 Å². The highest BCUT2D eigenvalue weighted by Gasteiger charge is 2.25. The van der Waals surface area contributed by atoms with Gasteiger partial charge in [0.1, 0.15) is 0 Å². The number of carbonyl (C=O) groups is 2. The second kappa shape index (κ2) is 7.62. The fraction of sp³-hybridized carbons (Fsp3) is 0.667. The predicted octanol–water partition coefficient (Wildman–Crippen LogP) is 0.750. The first kappa shape index (κ1) is 16.1. The van der Waals surface area contributed by atoms with Gasteiger partial charge in [0.05, 0.1) is 10.5 Å². The van der Waals surface area contributed by atoms with Gasteiger partial charge in [-0.2, -0.15) is 0 Å². The summed E-state index contributed by atoms with van der Waals surface area (Å²) in [7, 11) is 1.93. The van der Waals surface area contributed by atoms with Crippen molar-refractivity contribution in [3.05, 3.63) is 10.6 Å². The van der Waals surface area contributed by atoms with Crippen LogP contribution in [-0.4, -0.2) is 49.3 Å². The van der Waals surface area contributed by atoms with Gasteiger partial charge in [-0.15, -0.1) is 0 Å². The number of esters is 1. The van der Waals surface area contributed by atoms with E-state index in [2.05, 4.69) is 15.9 Å². The highest BCUT2D eigenvalue weighted by atomic mass is 79.9. The van der Waals surface area contributed by atoms with E-state index in [0.29, 0.717) is 11.1 Å². The number of hydrogen-bond donors (Lipinski definition) is 1. The van der Waals surface area contributed by atoms with Crippen LogP contribution in [0.4, 0.5) is 0 Å². The highest BCUT2D eigenvalue weighted by Crippen LogP contribution is 2.21. The number of cyclic esters (lactones) is 1. The molecule has 1 amide bonds. The van der Waals surface area contributed by atoms with Crippen molar-refractivity contribution in [2.24, 2.45) is 5.73 Å².